The first-order valence-corrected chi connectivity index (χ1v) is 12.0. The zero-order valence-corrected chi connectivity index (χ0v) is 18.4. The van der Waals surface area contributed by atoms with Gasteiger partial charge in [0.05, 0.1) is 11.3 Å². The fraction of sp³-hybridized carbons (Fsp3) is 0.917. The Balaban J connectivity index is 1.39. The maximum absolute atomic E-state index is 12.7. The Morgan fingerprint density at radius 3 is 2.72 bits per heavy atom. The number of nitrogens with zero attached hydrogens (tertiary/aromatic N) is 1. The van der Waals surface area contributed by atoms with Crippen molar-refractivity contribution in [3.63, 3.8) is 0 Å². The zero-order valence-electron chi connectivity index (χ0n) is 18.4. The Morgan fingerprint density at radius 2 is 1.97 bits per heavy atom. The van der Waals surface area contributed by atoms with E-state index in [0.717, 1.165) is 70.2 Å². The van der Waals surface area contributed by atoms with Crippen LogP contribution in [0.2, 0.25) is 0 Å². The van der Waals surface area contributed by atoms with Gasteiger partial charge in [-0.15, -0.1) is 0 Å². The van der Waals surface area contributed by atoms with Crippen molar-refractivity contribution in [2.24, 2.45) is 39.7 Å². The SMILES string of the molecule is C[C@H]1C[C@H]2[C@@H]3CCC(=O)[C@@]3(C)CC[C@@H]2[C@@]2(C)CCC(=NOC3CCNC3)C[C@]12O. The van der Waals surface area contributed by atoms with Gasteiger partial charge in [0, 0.05) is 36.6 Å². The second-order valence-corrected chi connectivity index (χ2v) is 11.3. The summed E-state index contributed by atoms with van der Waals surface area (Å²) in [5, 5.41) is 19.9. The summed E-state index contributed by atoms with van der Waals surface area (Å²) in [6.07, 6.45) is 8.72. The third-order valence-corrected chi connectivity index (χ3v) is 10.1. The molecule has 0 aromatic rings. The Kier molecular flexibility index (Phi) is 4.67. The molecule has 5 aliphatic rings. The normalized spacial score (nSPS) is 53.4. The summed E-state index contributed by atoms with van der Waals surface area (Å²) in [4.78, 5) is 18.5. The summed E-state index contributed by atoms with van der Waals surface area (Å²) in [6, 6.07) is 0. The van der Waals surface area contributed by atoms with E-state index in [9.17, 15) is 9.90 Å². The number of hydrogen-bond acceptors (Lipinski definition) is 5. The van der Waals surface area contributed by atoms with Crippen molar-refractivity contribution < 1.29 is 14.7 Å². The molecule has 4 aliphatic carbocycles. The van der Waals surface area contributed by atoms with E-state index in [1.165, 1.54) is 0 Å². The van der Waals surface area contributed by atoms with Gasteiger partial charge in [-0.05, 0) is 68.7 Å². The molecule has 0 bridgehead atoms. The molecule has 5 rings (SSSR count). The summed E-state index contributed by atoms with van der Waals surface area (Å²) < 4.78 is 0. The van der Waals surface area contributed by atoms with Gasteiger partial charge in [-0.25, -0.2) is 0 Å². The minimum atomic E-state index is -0.709. The van der Waals surface area contributed by atoms with Gasteiger partial charge in [0.2, 0.25) is 0 Å². The molecule has 1 saturated heterocycles. The molecule has 5 nitrogen and oxygen atoms in total. The Bertz CT molecular complexity index is 717. The standard InChI is InChI=1S/C24H38N2O3/c1-15-12-18-19-4-5-21(27)22(19,2)9-7-20(18)23(3)10-6-16(13-24(15,23)28)26-29-17-8-11-25-14-17/h15,17-20,25,28H,4-14H2,1-3H3/t15-,17?,18-,19-,20-,22-,23+,24-/m0/s1. The molecule has 8 atom stereocenters. The summed E-state index contributed by atoms with van der Waals surface area (Å²) in [6.45, 7) is 8.69. The monoisotopic (exact) mass is 402 g/mol. The topological polar surface area (TPSA) is 70.9 Å². The maximum atomic E-state index is 12.7. The second kappa shape index (κ2) is 6.78. The van der Waals surface area contributed by atoms with Crippen LogP contribution in [0.25, 0.3) is 0 Å². The fourth-order valence-corrected chi connectivity index (χ4v) is 8.19. The van der Waals surface area contributed by atoms with Crippen molar-refractivity contribution >= 4 is 11.5 Å². The molecule has 2 N–H and O–H groups in total. The highest BCUT2D eigenvalue weighted by Gasteiger charge is 2.66. The predicted octanol–water partition coefficient (Wildman–Crippen LogP) is 3.69. The first-order valence-electron chi connectivity index (χ1n) is 12.0. The molecule has 1 heterocycles. The Morgan fingerprint density at radius 1 is 1.14 bits per heavy atom. The van der Waals surface area contributed by atoms with Gasteiger partial charge < -0.3 is 15.3 Å². The van der Waals surface area contributed by atoms with Gasteiger partial charge in [-0.2, -0.15) is 0 Å². The molecule has 5 fully saturated rings. The summed E-state index contributed by atoms with van der Waals surface area (Å²) in [7, 11) is 0. The van der Waals surface area contributed by atoms with E-state index >= 15 is 0 Å². The molecule has 0 amide bonds. The van der Waals surface area contributed by atoms with E-state index < -0.39 is 5.60 Å². The smallest absolute Gasteiger partial charge is 0.141 e. The van der Waals surface area contributed by atoms with Crippen LogP contribution in [-0.2, 0) is 9.63 Å². The second-order valence-electron chi connectivity index (χ2n) is 11.3. The summed E-state index contributed by atoms with van der Waals surface area (Å²) >= 11 is 0. The number of nitrogens with one attached hydrogen (secondary N) is 1. The zero-order chi connectivity index (χ0) is 20.4. The third kappa shape index (κ3) is 2.79. The number of Topliss-reactive ketones (excluding diaryl/α,β-unsaturated/α-hetero) is 1. The van der Waals surface area contributed by atoms with Crippen molar-refractivity contribution in [2.75, 3.05) is 13.1 Å². The number of fused-ring (bicyclic) bond motifs is 5. The van der Waals surface area contributed by atoms with Crippen LogP contribution >= 0.6 is 0 Å². The molecular weight excluding hydrogens is 364 g/mol. The van der Waals surface area contributed by atoms with Crippen molar-refractivity contribution in [3.05, 3.63) is 0 Å². The Hall–Kier alpha value is -0.940. The number of carbonyl (C=O) groups is 1. The van der Waals surface area contributed by atoms with Crippen molar-refractivity contribution in [2.45, 2.75) is 90.3 Å². The number of carbonyl (C=O) groups excluding carboxylic acids is 1. The van der Waals surface area contributed by atoms with Crippen molar-refractivity contribution in [3.8, 4) is 0 Å². The number of ketones is 1. The lowest BCUT2D eigenvalue weighted by atomic mass is 9.41. The molecule has 1 unspecified atom stereocenters. The average Bonchev–Trinajstić information content (AvgIpc) is 3.31. The van der Waals surface area contributed by atoms with E-state index in [4.69, 9.17) is 4.84 Å². The molecule has 5 heteroatoms. The highest BCUT2D eigenvalue weighted by atomic mass is 16.6. The quantitative estimate of drug-likeness (QED) is 0.691. The van der Waals surface area contributed by atoms with Gasteiger partial charge in [-0.1, -0.05) is 25.9 Å². The van der Waals surface area contributed by atoms with Crippen LogP contribution in [0.5, 0.6) is 0 Å². The summed E-state index contributed by atoms with van der Waals surface area (Å²) in [5.74, 6) is 2.35. The van der Waals surface area contributed by atoms with Crippen LogP contribution in [0.1, 0.15) is 78.6 Å². The van der Waals surface area contributed by atoms with Crippen LogP contribution in [0.15, 0.2) is 5.16 Å². The van der Waals surface area contributed by atoms with E-state index in [0.29, 0.717) is 30.0 Å². The minimum Gasteiger partial charge on any atom is -0.391 e. The molecular formula is C24H38N2O3. The van der Waals surface area contributed by atoms with E-state index in [2.05, 4.69) is 31.2 Å². The predicted molar refractivity (Wildman–Crippen MR) is 113 cm³/mol. The summed E-state index contributed by atoms with van der Waals surface area (Å²) in [5.41, 5.74) is 0.144. The lowest BCUT2D eigenvalue weighted by Crippen LogP contribution is -2.65. The van der Waals surface area contributed by atoms with Gasteiger partial charge >= 0.3 is 0 Å². The molecule has 4 saturated carbocycles. The molecule has 29 heavy (non-hydrogen) atoms. The van der Waals surface area contributed by atoms with Gasteiger partial charge in [0.15, 0.2) is 0 Å². The molecule has 0 aromatic carbocycles. The molecule has 0 aromatic heterocycles. The third-order valence-electron chi connectivity index (χ3n) is 10.1. The molecule has 162 valence electrons. The van der Waals surface area contributed by atoms with Gasteiger partial charge in [0.1, 0.15) is 11.9 Å². The number of hydrogen-bond donors (Lipinski definition) is 2. The fourth-order valence-electron chi connectivity index (χ4n) is 8.19. The van der Waals surface area contributed by atoms with E-state index in [1.807, 2.05) is 0 Å². The van der Waals surface area contributed by atoms with Crippen LogP contribution in [-0.4, -0.2) is 41.4 Å². The lowest BCUT2D eigenvalue weighted by molar-refractivity contribution is -0.214. The van der Waals surface area contributed by atoms with Gasteiger partial charge in [0.25, 0.3) is 0 Å². The largest absolute Gasteiger partial charge is 0.391 e. The number of rotatable bonds is 2. The van der Waals surface area contributed by atoms with Crippen molar-refractivity contribution in [1.82, 2.24) is 5.32 Å². The highest BCUT2D eigenvalue weighted by molar-refractivity contribution is 5.87. The van der Waals surface area contributed by atoms with Crippen LogP contribution in [0, 0.1) is 34.5 Å². The first-order chi connectivity index (χ1) is 13.8. The van der Waals surface area contributed by atoms with E-state index in [-0.39, 0.29) is 22.9 Å². The number of aliphatic hydroxyl groups is 1. The van der Waals surface area contributed by atoms with Crippen molar-refractivity contribution in [1.29, 1.82) is 0 Å². The maximum Gasteiger partial charge on any atom is 0.141 e. The van der Waals surface area contributed by atoms with Crippen LogP contribution in [0.3, 0.4) is 0 Å². The van der Waals surface area contributed by atoms with E-state index in [1.54, 1.807) is 0 Å². The molecule has 1 aliphatic heterocycles. The molecule has 0 spiro atoms. The average molecular weight is 403 g/mol. The lowest BCUT2D eigenvalue weighted by Gasteiger charge is -2.65. The minimum absolute atomic E-state index is 0.0871. The van der Waals surface area contributed by atoms with Crippen LogP contribution in [0.4, 0.5) is 0 Å². The molecule has 0 radical (unpaired) electrons. The van der Waals surface area contributed by atoms with Gasteiger partial charge in [-0.3, -0.25) is 4.79 Å². The number of oxime groups is 1. The highest BCUT2D eigenvalue weighted by Crippen LogP contribution is 2.67. The Labute approximate surface area is 175 Å². The first kappa shape index (κ1) is 20.0. The van der Waals surface area contributed by atoms with Crippen LogP contribution < -0.4 is 5.32 Å².